The van der Waals surface area contributed by atoms with Crippen molar-refractivity contribution in [3.8, 4) is 0 Å². The van der Waals surface area contributed by atoms with Crippen LogP contribution < -0.4 is 0 Å². The molecule has 0 saturated carbocycles. The van der Waals surface area contributed by atoms with Crippen LogP contribution in [0.25, 0.3) is 0 Å². The Hall–Kier alpha value is -0.140. The summed E-state index contributed by atoms with van der Waals surface area (Å²) in [6.45, 7) is 11.2. The van der Waals surface area contributed by atoms with Crippen LogP contribution in [0.2, 0.25) is 5.02 Å². The maximum atomic E-state index is 6.30. The van der Waals surface area contributed by atoms with E-state index in [-0.39, 0.29) is 10.8 Å². The van der Waals surface area contributed by atoms with Crippen LogP contribution in [0.3, 0.4) is 0 Å². The summed E-state index contributed by atoms with van der Waals surface area (Å²) < 4.78 is 0. The first-order chi connectivity index (χ1) is 7.68. The van der Waals surface area contributed by atoms with Gasteiger partial charge in [0, 0.05) is 10.8 Å². The molecular weight excluding hydrogens is 248 g/mol. The van der Waals surface area contributed by atoms with E-state index in [1.165, 1.54) is 11.1 Å². The topological polar surface area (TPSA) is 0 Å². The molecule has 0 amide bonds. The van der Waals surface area contributed by atoms with Crippen molar-refractivity contribution in [3.05, 3.63) is 34.3 Å². The van der Waals surface area contributed by atoms with Gasteiger partial charge in [-0.1, -0.05) is 58.4 Å². The highest BCUT2D eigenvalue weighted by atomic mass is 35.5. The van der Waals surface area contributed by atoms with Crippen LogP contribution in [-0.2, 0) is 10.8 Å². The highest BCUT2D eigenvalue weighted by molar-refractivity contribution is 7.98. The smallest absolute Gasteiger partial charge is 0.0443 e. The summed E-state index contributed by atoms with van der Waals surface area (Å²) in [7, 11) is 0. The molecule has 0 heterocycles. The van der Waals surface area contributed by atoms with E-state index in [1.54, 1.807) is 0 Å². The van der Waals surface area contributed by atoms with E-state index in [0.29, 0.717) is 0 Å². The summed E-state index contributed by atoms with van der Waals surface area (Å²) in [4.78, 5) is 0. The van der Waals surface area contributed by atoms with Crippen LogP contribution in [0.1, 0.15) is 45.7 Å². The van der Waals surface area contributed by atoms with Gasteiger partial charge in [0.1, 0.15) is 0 Å². The van der Waals surface area contributed by atoms with Crippen molar-refractivity contribution < 1.29 is 0 Å². The molecule has 0 unspecified atom stereocenters. The quantitative estimate of drug-likeness (QED) is 0.720. The lowest BCUT2D eigenvalue weighted by atomic mass is 9.80. The molecule has 0 saturated heterocycles. The number of hydrogen-bond donors (Lipinski definition) is 0. The molecule has 0 radical (unpaired) electrons. The molecule has 0 atom stereocenters. The third-order valence-corrected chi connectivity index (χ3v) is 4.40. The van der Waals surface area contributed by atoms with E-state index in [9.17, 15) is 0 Å². The minimum Gasteiger partial charge on any atom is -0.165 e. The van der Waals surface area contributed by atoms with Gasteiger partial charge in [-0.05, 0) is 34.3 Å². The lowest BCUT2D eigenvalue weighted by Crippen LogP contribution is -2.22. The molecule has 2 heteroatoms. The zero-order valence-electron chi connectivity index (χ0n) is 11.7. The SMILES string of the molecule is CSCC(C)(C)c1ccc(Cl)c(C(C)(C)C)c1. The van der Waals surface area contributed by atoms with Crippen molar-refractivity contribution >= 4 is 23.4 Å². The van der Waals surface area contributed by atoms with Gasteiger partial charge in [0.25, 0.3) is 0 Å². The molecule has 1 aromatic rings. The van der Waals surface area contributed by atoms with Crippen molar-refractivity contribution in [2.24, 2.45) is 0 Å². The summed E-state index contributed by atoms with van der Waals surface area (Å²) >= 11 is 8.19. The van der Waals surface area contributed by atoms with Crippen LogP contribution in [-0.4, -0.2) is 12.0 Å². The van der Waals surface area contributed by atoms with Gasteiger partial charge in [0.05, 0.1) is 0 Å². The maximum Gasteiger partial charge on any atom is 0.0443 e. The molecule has 0 spiro atoms. The number of benzene rings is 1. The predicted molar refractivity (Wildman–Crippen MR) is 81.6 cm³/mol. The lowest BCUT2D eigenvalue weighted by Gasteiger charge is -2.28. The molecule has 17 heavy (non-hydrogen) atoms. The first kappa shape index (κ1) is 14.9. The van der Waals surface area contributed by atoms with Crippen molar-refractivity contribution in [2.45, 2.75) is 45.4 Å². The molecule has 0 bridgehead atoms. The molecule has 0 aliphatic rings. The molecule has 96 valence electrons. The Morgan fingerprint density at radius 2 is 1.71 bits per heavy atom. The lowest BCUT2D eigenvalue weighted by molar-refractivity contribution is 0.574. The second kappa shape index (κ2) is 5.24. The van der Waals surface area contributed by atoms with Crippen molar-refractivity contribution in [1.29, 1.82) is 0 Å². The fourth-order valence-corrected chi connectivity index (χ4v) is 3.25. The highest BCUT2D eigenvalue weighted by Gasteiger charge is 2.24. The van der Waals surface area contributed by atoms with Crippen LogP contribution in [0.4, 0.5) is 0 Å². The average molecular weight is 271 g/mol. The number of halogens is 1. The van der Waals surface area contributed by atoms with Gasteiger partial charge in [0.2, 0.25) is 0 Å². The van der Waals surface area contributed by atoms with Gasteiger partial charge in [-0.25, -0.2) is 0 Å². The molecule has 1 aromatic carbocycles. The summed E-state index contributed by atoms with van der Waals surface area (Å²) in [5, 5.41) is 0.876. The van der Waals surface area contributed by atoms with Crippen LogP contribution in [0.15, 0.2) is 18.2 Å². The first-order valence-electron chi connectivity index (χ1n) is 5.98. The summed E-state index contributed by atoms with van der Waals surface area (Å²) in [6.07, 6.45) is 2.16. The van der Waals surface area contributed by atoms with Crippen molar-refractivity contribution in [1.82, 2.24) is 0 Å². The second-order valence-corrected chi connectivity index (χ2v) is 7.53. The highest BCUT2D eigenvalue weighted by Crippen LogP contribution is 2.34. The zero-order chi connectivity index (χ0) is 13.3. The molecule has 0 nitrogen and oxygen atoms in total. The third kappa shape index (κ3) is 3.66. The van der Waals surface area contributed by atoms with Gasteiger partial charge in [-0.15, -0.1) is 0 Å². The van der Waals surface area contributed by atoms with Gasteiger partial charge in [-0.2, -0.15) is 11.8 Å². The van der Waals surface area contributed by atoms with E-state index in [4.69, 9.17) is 11.6 Å². The minimum atomic E-state index is 0.0997. The van der Waals surface area contributed by atoms with E-state index in [1.807, 2.05) is 17.8 Å². The molecule has 1 rings (SSSR count). The van der Waals surface area contributed by atoms with E-state index >= 15 is 0 Å². The fourth-order valence-electron chi connectivity index (χ4n) is 1.97. The number of thioether (sulfide) groups is 1. The minimum absolute atomic E-state index is 0.0997. The Bertz CT molecular complexity index is 388. The molecule has 0 aliphatic heterocycles. The predicted octanol–water partition coefficient (Wildman–Crippen LogP) is 5.28. The van der Waals surface area contributed by atoms with Crippen LogP contribution in [0.5, 0.6) is 0 Å². The van der Waals surface area contributed by atoms with E-state index in [0.717, 1.165) is 10.8 Å². The number of hydrogen-bond acceptors (Lipinski definition) is 1. The largest absolute Gasteiger partial charge is 0.165 e. The molecule has 0 aromatic heterocycles. The molecule has 0 N–H and O–H groups in total. The Morgan fingerprint density at radius 1 is 1.12 bits per heavy atom. The van der Waals surface area contributed by atoms with Crippen LogP contribution in [0, 0.1) is 0 Å². The maximum absolute atomic E-state index is 6.30. The first-order valence-corrected chi connectivity index (χ1v) is 7.75. The van der Waals surface area contributed by atoms with Gasteiger partial charge >= 0.3 is 0 Å². The fraction of sp³-hybridized carbons (Fsp3) is 0.600. The summed E-state index contributed by atoms with van der Waals surface area (Å²) in [5.74, 6) is 1.12. The third-order valence-electron chi connectivity index (χ3n) is 3.06. The van der Waals surface area contributed by atoms with Gasteiger partial charge in [0.15, 0.2) is 0 Å². The normalized spacial score (nSPS) is 12.9. The van der Waals surface area contributed by atoms with Gasteiger partial charge in [-0.3, -0.25) is 0 Å². The van der Waals surface area contributed by atoms with Gasteiger partial charge < -0.3 is 0 Å². The number of rotatable bonds is 3. The monoisotopic (exact) mass is 270 g/mol. The Balaban J connectivity index is 3.22. The molecule has 0 aliphatic carbocycles. The Morgan fingerprint density at radius 3 is 2.18 bits per heavy atom. The van der Waals surface area contributed by atoms with Crippen molar-refractivity contribution in [2.75, 3.05) is 12.0 Å². The van der Waals surface area contributed by atoms with E-state index < -0.39 is 0 Å². The summed E-state index contributed by atoms with van der Waals surface area (Å²) in [5.41, 5.74) is 2.92. The van der Waals surface area contributed by atoms with Crippen LogP contribution >= 0.6 is 23.4 Å². The average Bonchev–Trinajstić information content (AvgIpc) is 2.15. The zero-order valence-corrected chi connectivity index (χ0v) is 13.3. The molecule has 0 fully saturated rings. The summed E-state index contributed by atoms with van der Waals surface area (Å²) in [6, 6.07) is 6.48. The molecular formula is C15H23ClS. The van der Waals surface area contributed by atoms with Crippen molar-refractivity contribution in [3.63, 3.8) is 0 Å². The second-order valence-electron chi connectivity index (χ2n) is 6.26. The standard InChI is InChI=1S/C15H23ClS/c1-14(2,3)12-9-11(7-8-13(12)16)15(4,5)10-17-6/h7-9H,10H2,1-6H3. The Labute approximate surface area is 115 Å². The van der Waals surface area contributed by atoms with E-state index in [2.05, 4.69) is 53.0 Å². The Kier molecular flexibility index (Phi) is 4.60.